The van der Waals surface area contributed by atoms with Crippen LogP contribution in [-0.4, -0.2) is 21.2 Å². The lowest BCUT2D eigenvalue weighted by atomic mass is 10.1. The van der Waals surface area contributed by atoms with Crippen LogP contribution in [0.4, 0.5) is 5.69 Å². The van der Waals surface area contributed by atoms with Gasteiger partial charge < -0.3 is 5.32 Å². The van der Waals surface area contributed by atoms with Crippen molar-refractivity contribution in [2.45, 2.75) is 25.4 Å². The lowest BCUT2D eigenvalue weighted by molar-refractivity contribution is -0.113. The zero-order valence-corrected chi connectivity index (χ0v) is 18.3. The minimum absolute atomic E-state index is 0.112. The first-order chi connectivity index (χ1) is 14.5. The van der Waals surface area contributed by atoms with Gasteiger partial charge in [0.25, 0.3) is 5.56 Å². The second-order valence-electron chi connectivity index (χ2n) is 6.90. The van der Waals surface area contributed by atoms with Crippen LogP contribution in [0.5, 0.6) is 0 Å². The van der Waals surface area contributed by atoms with Crippen LogP contribution in [-0.2, 0) is 11.2 Å². The van der Waals surface area contributed by atoms with E-state index < -0.39 is 0 Å². The van der Waals surface area contributed by atoms with Gasteiger partial charge in [-0.1, -0.05) is 43.0 Å². The van der Waals surface area contributed by atoms with Gasteiger partial charge in [0.2, 0.25) is 5.91 Å². The molecule has 0 fully saturated rings. The molecule has 1 amide bonds. The number of amides is 1. The summed E-state index contributed by atoms with van der Waals surface area (Å²) in [6, 6.07) is 17.4. The van der Waals surface area contributed by atoms with E-state index in [0.29, 0.717) is 15.4 Å². The highest BCUT2D eigenvalue weighted by Crippen LogP contribution is 2.24. The molecule has 0 saturated carbocycles. The largest absolute Gasteiger partial charge is 0.325 e. The predicted octanol–water partition coefficient (Wildman–Crippen LogP) is 5.05. The number of aromatic nitrogens is 2. The maximum Gasteiger partial charge on any atom is 0.276 e. The lowest BCUT2D eigenvalue weighted by Gasteiger charge is -2.12. The molecule has 0 aliphatic carbocycles. The molecule has 2 aromatic heterocycles. The first-order valence-corrected chi connectivity index (χ1v) is 11.5. The molecular formula is C23H21N3O2S2. The van der Waals surface area contributed by atoms with Crippen molar-refractivity contribution in [3.63, 3.8) is 0 Å². The molecule has 4 aromatic rings. The minimum atomic E-state index is -0.139. The SMILES string of the molecule is CCc1ccc(NC(=O)CSc2nc3ccsc3c(=O)n2-c2cccc(C)c2)cc1. The van der Waals surface area contributed by atoms with Crippen LogP contribution in [0, 0.1) is 6.92 Å². The number of thiophene rings is 1. The predicted molar refractivity (Wildman–Crippen MR) is 125 cm³/mol. The number of nitrogens with one attached hydrogen (secondary N) is 1. The molecule has 7 heteroatoms. The number of benzene rings is 2. The van der Waals surface area contributed by atoms with Gasteiger partial charge in [-0.25, -0.2) is 4.98 Å². The van der Waals surface area contributed by atoms with E-state index in [4.69, 9.17) is 0 Å². The Hall–Kier alpha value is -2.90. The number of hydrogen-bond acceptors (Lipinski definition) is 5. The van der Waals surface area contributed by atoms with Gasteiger partial charge in [0, 0.05) is 5.69 Å². The summed E-state index contributed by atoms with van der Waals surface area (Å²) < 4.78 is 2.21. The third-order valence-electron chi connectivity index (χ3n) is 4.69. The van der Waals surface area contributed by atoms with E-state index in [0.717, 1.165) is 23.4 Å². The summed E-state index contributed by atoms with van der Waals surface area (Å²) >= 11 is 2.64. The zero-order chi connectivity index (χ0) is 21.1. The van der Waals surface area contributed by atoms with Crippen molar-refractivity contribution in [3.8, 4) is 5.69 Å². The fourth-order valence-corrected chi connectivity index (χ4v) is 4.71. The van der Waals surface area contributed by atoms with Crippen molar-refractivity contribution in [2.24, 2.45) is 0 Å². The number of hydrogen-bond donors (Lipinski definition) is 1. The van der Waals surface area contributed by atoms with Gasteiger partial charge in [0.15, 0.2) is 5.16 Å². The number of rotatable bonds is 6. The third-order valence-corrected chi connectivity index (χ3v) is 6.52. The molecule has 0 unspecified atom stereocenters. The van der Waals surface area contributed by atoms with Gasteiger partial charge in [-0.2, -0.15) is 0 Å². The van der Waals surface area contributed by atoms with Crippen LogP contribution in [0.2, 0.25) is 0 Å². The summed E-state index contributed by atoms with van der Waals surface area (Å²) in [7, 11) is 0. The average Bonchev–Trinajstić information content (AvgIpc) is 3.22. The van der Waals surface area contributed by atoms with E-state index >= 15 is 0 Å². The molecule has 0 atom stereocenters. The van der Waals surface area contributed by atoms with Crippen molar-refractivity contribution in [1.29, 1.82) is 0 Å². The van der Waals surface area contributed by atoms with Crippen LogP contribution >= 0.6 is 23.1 Å². The lowest BCUT2D eigenvalue weighted by Crippen LogP contribution is -2.22. The number of anilines is 1. The smallest absolute Gasteiger partial charge is 0.276 e. The number of carbonyl (C=O) groups is 1. The Kier molecular flexibility index (Phi) is 6.01. The molecule has 0 saturated heterocycles. The quantitative estimate of drug-likeness (QED) is 0.340. The van der Waals surface area contributed by atoms with E-state index in [1.807, 2.05) is 66.9 Å². The molecule has 2 heterocycles. The molecule has 0 spiro atoms. The van der Waals surface area contributed by atoms with E-state index in [9.17, 15) is 9.59 Å². The molecule has 0 aliphatic rings. The number of nitrogens with zero attached hydrogens (tertiary/aromatic N) is 2. The van der Waals surface area contributed by atoms with Crippen molar-refractivity contribution >= 4 is 44.9 Å². The molecular weight excluding hydrogens is 414 g/mol. The summed E-state index contributed by atoms with van der Waals surface area (Å²) in [5, 5.41) is 5.27. The molecule has 152 valence electrons. The average molecular weight is 436 g/mol. The number of thioether (sulfide) groups is 1. The van der Waals surface area contributed by atoms with Crippen molar-refractivity contribution in [2.75, 3.05) is 11.1 Å². The van der Waals surface area contributed by atoms with Crippen LogP contribution in [0.1, 0.15) is 18.1 Å². The second kappa shape index (κ2) is 8.85. The Morgan fingerprint density at radius 3 is 2.70 bits per heavy atom. The van der Waals surface area contributed by atoms with Crippen LogP contribution in [0.15, 0.2) is 69.9 Å². The van der Waals surface area contributed by atoms with Gasteiger partial charge in [0.05, 0.1) is 17.0 Å². The number of fused-ring (bicyclic) bond motifs is 1. The van der Waals surface area contributed by atoms with Crippen molar-refractivity contribution in [3.05, 3.63) is 81.5 Å². The minimum Gasteiger partial charge on any atom is -0.325 e. The molecule has 0 aliphatic heterocycles. The number of carbonyl (C=O) groups excluding carboxylic acids is 1. The first-order valence-electron chi connectivity index (χ1n) is 9.64. The Bertz CT molecular complexity index is 1260. The maximum absolute atomic E-state index is 13.1. The Morgan fingerprint density at radius 2 is 1.97 bits per heavy atom. The molecule has 4 rings (SSSR count). The van der Waals surface area contributed by atoms with Gasteiger partial charge >= 0.3 is 0 Å². The fraction of sp³-hybridized carbons (Fsp3) is 0.174. The van der Waals surface area contributed by atoms with Gasteiger partial charge in [-0.3, -0.25) is 14.2 Å². The third kappa shape index (κ3) is 4.32. The van der Waals surface area contributed by atoms with Crippen LogP contribution < -0.4 is 10.9 Å². The highest BCUT2D eigenvalue weighted by Gasteiger charge is 2.16. The highest BCUT2D eigenvalue weighted by molar-refractivity contribution is 7.99. The van der Waals surface area contributed by atoms with E-state index in [1.54, 1.807) is 4.57 Å². The Morgan fingerprint density at radius 1 is 1.17 bits per heavy atom. The van der Waals surface area contributed by atoms with E-state index in [1.165, 1.54) is 28.7 Å². The summed E-state index contributed by atoms with van der Waals surface area (Å²) in [5.41, 5.74) is 4.33. The maximum atomic E-state index is 13.1. The fourth-order valence-electron chi connectivity index (χ4n) is 3.13. The number of aryl methyl sites for hydroxylation is 2. The summed E-state index contributed by atoms with van der Waals surface area (Å²) in [6.45, 7) is 4.07. The Balaban J connectivity index is 1.60. The molecule has 0 radical (unpaired) electrons. The molecule has 30 heavy (non-hydrogen) atoms. The Labute approximate surface area is 182 Å². The van der Waals surface area contributed by atoms with E-state index in [-0.39, 0.29) is 17.2 Å². The second-order valence-corrected chi connectivity index (χ2v) is 8.75. The molecule has 5 nitrogen and oxygen atoms in total. The molecule has 2 aromatic carbocycles. The van der Waals surface area contributed by atoms with Crippen LogP contribution in [0.3, 0.4) is 0 Å². The first kappa shape index (κ1) is 20.4. The van der Waals surface area contributed by atoms with Crippen molar-refractivity contribution < 1.29 is 4.79 Å². The summed E-state index contributed by atoms with van der Waals surface area (Å²) in [6.07, 6.45) is 0.956. The van der Waals surface area contributed by atoms with E-state index in [2.05, 4.69) is 17.2 Å². The van der Waals surface area contributed by atoms with Gasteiger partial charge in [0.1, 0.15) is 4.70 Å². The highest BCUT2D eigenvalue weighted by atomic mass is 32.2. The molecule has 1 N–H and O–H groups in total. The van der Waals surface area contributed by atoms with Gasteiger partial charge in [-0.05, 0) is 60.2 Å². The summed E-state index contributed by atoms with van der Waals surface area (Å²) in [4.78, 5) is 30.3. The molecule has 0 bridgehead atoms. The van der Waals surface area contributed by atoms with Gasteiger partial charge in [-0.15, -0.1) is 11.3 Å². The zero-order valence-electron chi connectivity index (χ0n) is 16.7. The van der Waals surface area contributed by atoms with Crippen molar-refractivity contribution in [1.82, 2.24) is 9.55 Å². The monoisotopic (exact) mass is 435 g/mol. The normalized spacial score (nSPS) is 11.0. The van der Waals surface area contributed by atoms with Crippen LogP contribution in [0.25, 0.3) is 15.9 Å². The topological polar surface area (TPSA) is 64.0 Å². The standard InChI is InChI=1S/C23H21N3O2S2/c1-3-16-7-9-17(10-8-16)24-20(27)14-30-23-25-19-11-12-29-21(19)22(28)26(23)18-6-4-5-15(2)13-18/h4-13H,3,14H2,1-2H3,(H,24,27). The summed E-state index contributed by atoms with van der Waals surface area (Å²) in [5.74, 6) is 0.0170.